The molecule has 1 saturated heterocycles. The number of benzene rings is 1. The van der Waals surface area contributed by atoms with Crippen molar-refractivity contribution in [1.29, 1.82) is 0 Å². The number of rotatable bonds is 5. The number of carbonyl (C=O) groups excluding carboxylic acids is 3. The first-order valence-corrected chi connectivity index (χ1v) is 8.86. The summed E-state index contributed by atoms with van der Waals surface area (Å²) in [5, 5.41) is 0. The Balaban J connectivity index is 2.34. The number of amides is 3. The van der Waals surface area contributed by atoms with E-state index in [-0.39, 0.29) is 24.1 Å². The van der Waals surface area contributed by atoms with Gasteiger partial charge in [-0.25, -0.2) is 4.90 Å². The van der Waals surface area contributed by atoms with Crippen LogP contribution in [0.5, 0.6) is 0 Å². The third-order valence-corrected chi connectivity index (χ3v) is 5.11. The number of hydrogen-bond acceptors (Lipinski definition) is 3. The van der Waals surface area contributed by atoms with Gasteiger partial charge in [-0.2, -0.15) is 0 Å². The number of carbonyl (C=O) groups is 3. The van der Waals surface area contributed by atoms with Crippen LogP contribution in [0.1, 0.15) is 65.9 Å². The van der Waals surface area contributed by atoms with Gasteiger partial charge >= 0.3 is 0 Å². The first-order valence-electron chi connectivity index (χ1n) is 8.86. The van der Waals surface area contributed by atoms with Crippen molar-refractivity contribution in [3.63, 3.8) is 0 Å². The Morgan fingerprint density at radius 2 is 1.80 bits per heavy atom. The SMILES string of the molecule is CCC(C)(C)N(C(C)=O)C1CC(=O)N(c2ccc(C(C)C)cc2)C1=O. The second-order valence-electron chi connectivity index (χ2n) is 7.59. The Hall–Kier alpha value is -2.17. The van der Waals surface area contributed by atoms with Crippen LogP contribution in [0, 0.1) is 0 Å². The smallest absolute Gasteiger partial charge is 0.257 e. The van der Waals surface area contributed by atoms with Crippen molar-refractivity contribution in [1.82, 2.24) is 4.90 Å². The highest BCUT2D eigenvalue weighted by Gasteiger charge is 2.47. The summed E-state index contributed by atoms with van der Waals surface area (Å²) in [6, 6.07) is 6.75. The van der Waals surface area contributed by atoms with Crippen molar-refractivity contribution in [3.05, 3.63) is 29.8 Å². The number of anilines is 1. The van der Waals surface area contributed by atoms with Gasteiger partial charge in [0.25, 0.3) is 5.91 Å². The highest BCUT2D eigenvalue weighted by molar-refractivity contribution is 6.23. The Bertz CT molecular complexity index is 677. The summed E-state index contributed by atoms with van der Waals surface area (Å²) in [4.78, 5) is 40.5. The Labute approximate surface area is 150 Å². The van der Waals surface area contributed by atoms with Crippen LogP contribution in [0.3, 0.4) is 0 Å². The van der Waals surface area contributed by atoms with E-state index in [0.29, 0.717) is 18.0 Å². The lowest BCUT2D eigenvalue weighted by Gasteiger charge is -2.40. The number of imide groups is 1. The van der Waals surface area contributed by atoms with E-state index < -0.39 is 11.6 Å². The molecule has 1 unspecified atom stereocenters. The highest BCUT2D eigenvalue weighted by Crippen LogP contribution is 2.31. The molecule has 1 atom stereocenters. The van der Waals surface area contributed by atoms with E-state index in [2.05, 4.69) is 13.8 Å². The minimum atomic E-state index is -0.732. The summed E-state index contributed by atoms with van der Waals surface area (Å²) in [5.41, 5.74) is 1.24. The van der Waals surface area contributed by atoms with E-state index in [1.54, 1.807) is 17.0 Å². The minimum absolute atomic E-state index is 0.0355. The van der Waals surface area contributed by atoms with Crippen LogP contribution in [-0.4, -0.2) is 34.2 Å². The summed E-state index contributed by atoms with van der Waals surface area (Å²) in [5.74, 6) is -0.384. The van der Waals surface area contributed by atoms with Crippen molar-refractivity contribution in [3.8, 4) is 0 Å². The Morgan fingerprint density at radius 3 is 2.24 bits per heavy atom. The largest absolute Gasteiger partial charge is 0.325 e. The monoisotopic (exact) mass is 344 g/mol. The van der Waals surface area contributed by atoms with Gasteiger partial charge in [0, 0.05) is 12.5 Å². The third kappa shape index (κ3) is 3.60. The molecule has 2 rings (SSSR count). The minimum Gasteiger partial charge on any atom is -0.325 e. The highest BCUT2D eigenvalue weighted by atomic mass is 16.2. The second kappa shape index (κ2) is 6.98. The Morgan fingerprint density at radius 1 is 1.24 bits per heavy atom. The molecule has 25 heavy (non-hydrogen) atoms. The first-order chi connectivity index (χ1) is 11.6. The fourth-order valence-electron chi connectivity index (χ4n) is 3.34. The van der Waals surface area contributed by atoms with Crippen molar-refractivity contribution in [2.75, 3.05) is 4.90 Å². The quantitative estimate of drug-likeness (QED) is 0.769. The molecule has 0 aromatic heterocycles. The molecule has 1 heterocycles. The summed E-state index contributed by atoms with van der Waals surface area (Å²) in [6.07, 6.45) is 0.738. The zero-order valence-corrected chi connectivity index (χ0v) is 16.0. The van der Waals surface area contributed by atoms with Gasteiger partial charge in [0.1, 0.15) is 6.04 Å². The molecule has 1 fully saturated rings. The third-order valence-electron chi connectivity index (χ3n) is 5.11. The van der Waals surface area contributed by atoms with E-state index in [1.807, 2.05) is 32.9 Å². The van der Waals surface area contributed by atoms with Gasteiger partial charge in [0.15, 0.2) is 0 Å². The zero-order valence-electron chi connectivity index (χ0n) is 16.0. The van der Waals surface area contributed by atoms with Crippen LogP contribution in [0.15, 0.2) is 24.3 Å². The molecule has 1 aromatic rings. The first kappa shape index (κ1) is 19.2. The van der Waals surface area contributed by atoms with E-state index in [9.17, 15) is 14.4 Å². The molecule has 1 aromatic carbocycles. The van der Waals surface area contributed by atoms with Crippen LogP contribution in [0.25, 0.3) is 0 Å². The van der Waals surface area contributed by atoms with Crippen LogP contribution in [0.4, 0.5) is 5.69 Å². The van der Waals surface area contributed by atoms with Gasteiger partial charge in [-0.15, -0.1) is 0 Å². The average molecular weight is 344 g/mol. The molecule has 0 spiro atoms. The fraction of sp³-hybridized carbons (Fsp3) is 0.550. The molecular formula is C20H28N2O3. The maximum atomic E-state index is 13.0. The maximum absolute atomic E-state index is 13.0. The normalized spacial score (nSPS) is 18.2. The molecule has 0 N–H and O–H groups in total. The molecule has 1 aliphatic heterocycles. The Kier molecular flexibility index (Phi) is 5.35. The van der Waals surface area contributed by atoms with Crippen molar-refractivity contribution < 1.29 is 14.4 Å². The molecule has 3 amide bonds. The second-order valence-corrected chi connectivity index (χ2v) is 7.59. The van der Waals surface area contributed by atoms with Gasteiger partial charge in [-0.05, 0) is 43.9 Å². The molecule has 5 nitrogen and oxygen atoms in total. The molecule has 0 bridgehead atoms. The lowest BCUT2D eigenvalue weighted by Crippen LogP contribution is -2.54. The van der Waals surface area contributed by atoms with Crippen LogP contribution in [0.2, 0.25) is 0 Å². The van der Waals surface area contributed by atoms with Crippen molar-refractivity contribution in [2.24, 2.45) is 0 Å². The molecule has 0 saturated carbocycles. The van der Waals surface area contributed by atoms with Gasteiger partial charge in [-0.1, -0.05) is 32.9 Å². The van der Waals surface area contributed by atoms with Gasteiger partial charge in [0.2, 0.25) is 11.8 Å². The molecule has 1 aliphatic rings. The predicted octanol–water partition coefficient (Wildman–Crippen LogP) is 3.48. The summed E-state index contributed by atoms with van der Waals surface area (Å²) >= 11 is 0. The van der Waals surface area contributed by atoms with Crippen LogP contribution < -0.4 is 4.90 Å². The zero-order chi connectivity index (χ0) is 18.9. The lowest BCUT2D eigenvalue weighted by molar-refractivity contribution is -0.142. The van der Waals surface area contributed by atoms with E-state index in [1.165, 1.54) is 11.8 Å². The number of nitrogens with zero attached hydrogens (tertiary/aromatic N) is 2. The number of hydrogen-bond donors (Lipinski definition) is 0. The van der Waals surface area contributed by atoms with Crippen molar-refractivity contribution in [2.45, 2.75) is 71.9 Å². The van der Waals surface area contributed by atoms with E-state index in [0.717, 1.165) is 5.56 Å². The lowest BCUT2D eigenvalue weighted by atomic mass is 9.96. The summed E-state index contributed by atoms with van der Waals surface area (Å²) in [6.45, 7) is 11.5. The maximum Gasteiger partial charge on any atom is 0.257 e. The molecule has 136 valence electrons. The van der Waals surface area contributed by atoms with Gasteiger partial charge in [0.05, 0.1) is 12.1 Å². The van der Waals surface area contributed by atoms with Crippen LogP contribution >= 0.6 is 0 Å². The molecule has 0 aliphatic carbocycles. The summed E-state index contributed by atoms with van der Waals surface area (Å²) in [7, 11) is 0. The summed E-state index contributed by atoms with van der Waals surface area (Å²) < 4.78 is 0. The van der Waals surface area contributed by atoms with Crippen molar-refractivity contribution >= 4 is 23.4 Å². The van der Waals surface area contributed by atoms with Crippen LogP contribution in [-0.2, 0) is 14.4 Å². The molecule has 5 heteroatoms. The van der Waals surface area contributed by atoms with Gasteiger partial charge < -0.3 is 4.90 Å². The average Bonchev–Trinajstić information content (AvgIpc) is 2.81. The fourth-order valence-corrected chi connectivity index (χ4v) is 3.34. The molecule has 0 radical (unpaired) electrons. The standard InChI is InChI=1S/C20H28N2O3/c1-7-20(5,6)22(14(4)23)17-12-18(24)21(19(17)25)16-10-8-15(9-11-16)13(2)3/h8-11,13,17H,7,12H2,1-6H3. The topological polar surface area (TPSA) is 57.7 Å². The molecular weight excluding hydrogens is 316 g/mol. The van der Waals surface area contributed by atoms with Gasteiger partial charge in [-0.3, -0.25) is 14.4 Å². The van der Waals surface area contributed by atoms with E-state index >= 15 is 0 Å². The predicted molar refractivity (Wildman–Crippen MR) is 98.3 cm³/mol. The van der Waals surface area contributed by atoms with E-state index in [4.69, 9.17) is 0 Å².